The van der Waals surface area contributed by atoms with Gasteiger partial charge in [0.2, 0.25) is 41.4 Å². The van der Waals surface area contributed by atoms with Gasteiger partial charge in [-0.05, 0) is 120 Å². The Kier molecular flexibility index (Phi) is 37.7. The molecule has 1 saturated heterocycles. The van der Waals surface area contributed by atoms with E-state index in [2.05, 4.69) is 54.5 Å². The van der Waals surface area contributed by atoms with Crippen LogP contribution in [0.15, 0.2) is 34.3 Å². The predicted octanol–water partition coefficient (Wildman–Crippen LogP) is -2.44. The van der Waals surface area contributed by atoms with Crippen LogP contribution in [0.3, 0.4) is 0 Å². The summed E-state index contributed by atoms with van der Waals surface area (Å²) >= 11 is 0. The molecular weight excluding hydrogens is 1180 g/mol. The summed E-state index contributed by atoms with van der Waals surface area (Å²) < 4.78 is 7.50. The average molecular weight is 1250 g/mol. The summed E-state index contributed by atoms with van der Waals surface area (Å²) in [5.41, 5.74) is 22.6. The number of terminal acetylenes is 1. The smallest absolute Gasteiger partial charge is 0.0312 e. The summed E-state index contributed by atoms with van der Waals surface area (Å²) in [5.74, 6) is -5.31. The molecule has 0 spiro atoms. The first-order valence-corrected chi connectivity index (χ1v) is 25.9. The molecule has 7 amide bonds. The fourth-order valence-electron chi connectivity index (χ4n) is 8.24. The average Bonchev–Trinajstić information content (AvgIpc) is 4.27. The number of carboxylic acid groups (broad SMARTS) is 1. The first-order chi connectivity index (χ1) is 37.6. The molecule has 3 aliphatic rings. The fraction of sp³-hybridized carbons (Fsp3) is 0.473. The van der Waals surface area contributed by atoms with Crippen LogP contribution in [-0.4, -0.2) is 126 Å². The number of amides is 7. The molecule has 443 valence electrons. The number of nitrogens with one attached hydrogen (secondary N) is 6. The van der Waals surface area contributed by atoms with E-state index in [1.54, 1.807) is 53.4 Å². The molecule has 81 heavy (non-hydrogen) atoms. The van der Waals surface area contributed by atoms with E-state index in [1.807, 2.05) is 32.1 Å². The van der Waals surface area contributed by atoms with Crippen molar-refractivity contribution < 1.29 is 89.5 Å². The van der Waals surface area contributed by atoms with Crippen LogP contribution in [0.5, 0.6) is 5.75 Å². The number of carboxylic acids is 1. The van der Waals surface area contributed by atoms with Crippen molar-refractivity contribution >= 4 is 59.2 Å². The van der Waals surface area contributed by atoms with Crippen LogP contribution in [0.4, 0.5) is 0 Å². The standard InChI is InChI=1S/C49H72N13O10.C5H5.CO.Co.Ru/c1-6-13-33(56-40(64)31-14-8-9-15-31)41(65)57-34(16-10-23-54-48(50)51)42(66)58-35(17-11-24-55-49(52)53)46(70)62-25-12-18-38(62)44(68)59-36(27-30-19-21-32(63)22-20-30)43(67)61-39(29(5)7-2)45(69)60-37(47(71)72)26-28(3)4;1-2-4-5-3-1;1-2;;/h1,8-9,14-15,19-22,28-29,33-39,63H,7,10-13,16-18,23-27H2,2-5H3,(H,56,64)(H,57,65)(H,58,66)(H,59,68)(H,60,69)(H,61,67)(H,71,72)(H4,50,51,54)(H4,52,53,55);1-5H;;;/q;;;;+2/p-2/t29-,33-,34-,35-,36-,37-,38-,39-;;;;/m0..../s1. The molecule has 11 radical (unpaired) electrons. The second kappa shape index (κ2) is 40.9. The van der Waals surface area contributed by atoms with Gasteiger partial charge in [0.15, 0.2) is 11.9 Å². The molecule has 2 aliphatic carbocycles. The van der Waals surface area contributed by atoms with Crippen molar-refractivity contribution in [2.45, 2.75) is 134 Å². The Bertz CT molecular complexity index is 2260. The monoisotopic (exact) mass is 1250 g/mol. The van der Waals surface area contributed by atoms with E-state index in [4.69, 9.17) is 34.0 Å². The minimum Gasteiger partial charge on any atom is -0.0312 e. The van der Waals surface area contributed by atoms with Crippen LogP contribution in [-0.2, 0) is 85.7 Å². The molecule has 1 aromatic rings. The molecule has 0 aromatic heterocycles. The Morgan fingerprint density at radius 1 is 0.728 bits per heavy atom. The van der Waals surface area contributed by atoms with E-state index in [9.17, 15) is 48.6 Å². The van der Waals surface area contributed by atoms with Crippen molar-refractivity contribution in [3.8, 4) is 18.1 Å². The summed E-state index contributed by atoms with van der Waals surface area (Å²) in [7, 11) is 0. The van der Waals surface area contributed by atoms with Crippen LogP contribution in [0.25, 0.3) is 0 Å². The molecule has 1 aliphatic heterocycles. The van der Waals surface area contributed by atoms with Crippen LogP contribution in [0.1, 0.15) is 91.0 Å². The van der Waals surface area contributed by atoms with Gasteiger partial charge in [-0.15, -0.1) is 18.1 Å². The Labute approximate surface area is 499 Å². The Morgan fingerprint density at radius 2 is 1.23 bits per heavy atom. The third-order valence-corrected chi connectivity index (χ3v) is 12.5. The van der Waals surface area contributed by atoms with Crippen LogP contribution < -0.4 is 65.0 Å². The number of hydrogen-bond donors (Lipinski definition) is 10. The quantitative estimate of drug-likeness (QED) is 0.00758. The van der Waals surface area contributed by atoms with Crippen molar-refractivity contribution in [1.29, 1.82) is 0 Å². The molecule has 26 heteroatoms. The van der Waals surface area contributed by atoms with E-state index in [-0.39, 0.29) is 137 Å². The molecule has 0 unspecified atom stereocenters. The van der Waals surface area contributed by atoms with Gasteiger partial charge in [0, 0.05) is 49.3 Å². The minimum atomic E-state index is -1.49. The summed E-state index contributed by atoms with van der Waals surface area (Å²) in [6.45, 7) is 11.7. The zero-order chi connectivity index (χ0) is 59.0. The third-order valence-electron chi connectivity index (χ3n) is 12.5. The van der Waals surface area contributed by atoms with Crippen LogP contribution >= 0.6 is 0 Å². The summed E-state index contributed by atoms with van der Waals surface area (Å²) in [6.07, 6.45) is 22.8. The maximum Gasteiger partial charge on any atom is 2.00 e. The van der Waals surface area contributed by atoms with Gasteiger partial charge in [-0.3, -0.25) is 43.5 Å². The number of likely N-dealkylation sites (tertiary alicyclic amines) is 1. The fourth-order valence-corrected chi connectivity index (χ4v) is 8.24. The number of hydrogen-bond acceptors (Lipinski definition) is 12. The summed E-state index contributed by atoms with van der Waals surface area (Å²) in [4.78, 5) is 119. The van der Waals surface area contributed by atoms with Gasteiger partial charge < -0.3 is 74.7 Å². The van der Waals surface area contributed by atoms with Gasteiger partial charge in [-0.1, -0.05) is 58.4 Å². The number of nitrogens with two attached hydrogens (primary N) is 4. The summed E-state index contributed by atoms with van der Waals surface area (Å²) in [6, 6.07) is -3.44. The zero-order valence-corrected chi connectivity index (χ0v) is 48.6. The number of rotatable bonds is 29. The van der Waals surface area contributed by atoms with Gasteiger partial charge in [-0.2, -0.15) is 0 Å². The van der Waals surface area contributed by atoms with Crippen molar-refractivity contribution in [1.82, 2.24) is 36.8 Å². The van der Waals surface area contributed by atoms with Gasteiger partial charge >= 0.3 is 30.8 Å². The van der Waals surface area contributed by atoms with E-state index in [1.165, 1.54) is 29.2 Å². The SMILES string of the molecule is C#CC[C@H](NC(=O)[C]1[CH][CH][CH][CH]1)C(=O)N[C@@H](CCCN=C(N)N)C(=O)N[C@@H](CCCN=C(N)N)C(=O)N1CCC[C@H]1C(=O)N[C@@H](Cc1ccc([O-])cc1)C(=O)N[C@H](C(=O)N[C@@H](CC(C)C)C(=O)[O-])[C@@H](C)CC.[C-]#[O+].[CH]1[CH][CH][CH][CH]1.[Co].[Ru+2]. The molecule has 1 aromatic carbocycles. The molecule has 0 bridgehead atoms. The molecule has 3 fully saturated rings. The van der Waals surface area contributed by atoms with Gasteiger partial charge in [-0.25, -0.2) is 0 Å². The van der Waals surface area contributed by atoms with E-state index in [0.717, 1.165) is 0 Å². The van der Waals surface area contributed by atoms with Gasteiger partial charge in [0.1, 0.15) is 36.3 Å². The molecule has 2 saturated carbocycles. The van der Waals surface area contributed by atoms with Crippen LogP contribution in [0, 0.1) is 94.5 Å². The first kappa shape index (κ1) is 74.7. The number of nitrogens with zero attached hydrogens (tertiary/aromatic N) is 3. The first-order valence-electron chi connectivity index (χ1n) is 25.9. The molecule has 14 N–H and O–H groups in total. The Hall–Kier alpha value is -6.25. The van der Waals surface area contributed by atoms with Crippen molar-refractivity contribution in [2.75, 3.05) is 19.6 Å². The summed E-state index contributed by atoms with van der Waals surface area (Å²) in [5, 5.41) is 39.8. The largest absolute Gasteiger partial charge is 2.00 e. The maximum atomic E-state index is 14.6. The number of aliphatic imine (C=N–C) groups is 2. The third kappa shape index (κ3) is 27.9. The van der Waals surface area contributed by atoms with E-state index >= 15 is 0 Å². The van der Waals surface area contributed by atoms with Crippen molar-refractivity contribution in [3.63, 3.8) is 0 Å². The van der Waals surface area contributed by atoms with Crippen molar-refractivity contribution in [3.05, 3.63) is 100 Å². The Balaban J connectivity index is 0.00000664. The number of carbonyl (C=O) groups is 8. The van der Waals surface area contributed by atoms with Gasteiger partial charge in [0.05, 0.1) is 17.9 Å². The molecule has 1 heterocycles. The second-order valence-electron chi connectivity index (χ2n) is 19.1. The van der Waals surface area contributed by atoms with Gasteiger partial charge in [0.25, 0.3) is 0 Å². The van der Waals surface area contributed by atoms with Crippen LogP contribution in [0.2, 0.25) is 0 Å². The predicted molar refractivity (Wildman–Crippen MR) is 289 cm³/mol. The normalized spacial score (nSPS) is 16.9. The second-order valence-corrected chi connectivity index (χ2v) is 19.1. The number of carbonyl (C=O) groups excluding carboxylic acids is 8. The molecule has 4 rings (SSSR count). The van der Waals surface area contributed by atoms with E-state index < -0.39 is 95.5 Å². The number of benzene rings is 1. The van der Waals surface area contributed by atoms with E-state index in [0.29, 0.717) is 18.4 Å². The molecular formula is C55H75CoN13O11Ru. The van der Waals surface area contributed by atoms with Crippen molar-refractivity contribution in [2.24, 2.45) is 44.8 Å². The number of guanidine groups is 2. The molecule has 24 nitrogen and oxygen atoms in total. The zero-order valence-electron chi connectivity index (χ0n) is 45.8. The maximum absolute atomic E-state index is 14.6. The molecule has 8 atom stereocenters. The Morgan fingerprint density at radius 3 is 1.74 bits per heavy atom. The number of aliphatic carboxylic acids is 1. The topological polar surface area (TPSA) is 407 Å². The minimum absolute atomic E-state index is 0.